The first-order valence-corrected chi connectivity index (χ1v) is 32.8. The fraction of sp³-hybridized carbons (Fsp3) is 0.544. The number of fused-ring (bicyclic) bond motifs is 4. The highest BCUT2D eigenvalue weighted by Crippen LogP contribution is 2.42. The molecular formula is C68H83F3N10O7S. The Morgan fingerprint density at radius 2 is 1.61 bits per heavy atom. The molecule has 3 aromatic heterocycles. The smallest absolute Gasteiger partial charge is 0.319 e. The molecule has 17 nitrogen and oxygen atoms in total. The quantitative estimate of drug-likeness (QED) is 0.0267. The number of aliphatic hydroxyl groups excluding tert-OH is 1. The number of piperidine rings is 1. The molecule has 1 saturated carbocycles. The highest BCUT2D eigenvalue weighted by Gasteiger charge is 2.53. The zero-order valence-corrected chi connectivity index (χ0v) is 52.3. The number of aromatic nitrogens is 4. The van der Waals surface area contributed by atoms with Gasteiger partial charge in [0.15, 0.2) is 11.5 Å². The van der Waals surface area contributed by atoms with Gasteiger partial charge in [0, 0.05) is 90.9 Å². The minimum Gasteiger partial charge on any atom is -0.508 e. The molecule has 2 unspecified atom stereocenters. The van der Waals surface area contributed by atoms with E-state index in [4.69, 9.17) is 25.9 Å². The number of unbranched alkanes of at least 4 members (excludes halogenated alkanes) is 9. The van der Waals surface area contributed by atoms with E-state index in [2.05, 4.69) is 41.6 Å². The van der Waals surface area contributed by atoms with E-state index >= 15 is 8.78 Å². The number of thiazole rings is 1. The number of nitrogens with zero attached hydrogens (tertiary/aromatic N) is 7. The number of ether oxygens (including phenoxy) is 2. The van der Waals surface area contributed by atoms with E-state index in [-0.39, 0.29) is 77.9 Å². The zero-order valence-electron chi connectivity index (χ0n) is 51.5. The number of likely N-dealkylation sites (tertiary alicyclic amines) is 2. The van der Waals surface area contributed by atoms with Crippen molar-refractivity contribution in [3.63, 3.8) is 0 Å². The highest BCUT2D eigenvalue weighted by molar-refractivity contribution is 7.10. The Morgan fingerprint density at radius 3 is 2.28 bits per heavy atom. The van der Waals surface area contributed by atoms with Crippen molar-refractivity contribution in [2.45, 2.75) is 185 Å². The van der Waals surface area contributed by atoms with Crippen LogP contribution in [-0.2, 0) is 20.9 Å². The molecule has 4 aliphatic heterocycles. The number of pyridine rings is 1. The number of β-amino-alcohol motifs (C(OH)–C–C–N with tert-alkyl or cyclic N) is 1. The average molecular weight is 1240 g/mol. The number of amides is 3. The minimum atomic E-state index is -1.97. The first-order chi connectivity index (χ1) is 42.8. The fourth-order valence-corrected chi connectivity index (χ4v) is 13.8. The number of aryl methyl sites for hydroxylation is 1. The van der Waals surface area contributed by atoms with Gasteiger partial charge in [-0.25, -0.2) is 18.2 Å². The molecule has 5 atom stereocenters. The number of nitrogens with one attached hydrogen (secondary N) is 3. The van der Waals surface area contributed by atoms with Gasteiger partial charge in [-0.05, 0) is 99.9 Å². The molecule has 89 heavy (non-hydrogen) atoms. The van der Waals surface area contributed by atoms with Crippen molar-refractivity contribution in [3.8, 4) is 52.4 Å². The predicted molar refractivity (Wildman–Crippen MR) is 338 cm³/mol. The van der Waals surface area contributed by atoms with Gasteiger partial charge in [-0.1, -0.05) is 96.3 Å². The normalized spacial score (nSPS) is 20.4. The number of alkyl halides is 1. The summed E-state index contributed by atoms with van der Waals surface area (Å²) in [6, 6.07) is 10.0. The summed E-state index contributed by atoms with van der Waals surface area (Å²) in [6.07, 6.45) is 21.4. The second-order valence-corrected chi connectivity index (χ2v) is 27.2. The number of phenols is 1. The first-order valence-electron chi connectivity index (χ1n) is 31.9. The van der Waals surface area contributed by atoms with Gasteiger partial charge < -0.3 is 50.3 Å². The molecular weight excluding hydrogens is 1160 g/mol. The number of carbonyl (C=O) groups excluding carboxylic acids is 3. The van der Waals surface area contributed by atoms with Gasteiger partial charge in [0.05, 0.1) is 34.9 Å². The van der Waals surface area contributed by atoms with Crippen molar-refractivity contribution < 1.29 is 47.2 Å². The van der Waals surface area contributed by atoms with E-state index < -0.39 is 58.6 Å². The number of hydrogen-bond acceptors (Lipinski definition) is 15. The molecule has 2 bridgehead atoms. The Bertz CT molecular complexity index is 3590. The second kappa shape index (κ2) is 27.5. The van der Waals surface area contributed by atoms with Gasteiger partial charge in [0.1, 0.15) is 52.5 Å². The van der Waals surface area contributed by atoms with Crippen molar-refractivity contribution >= 4 is 56.6 Å². The van der Waals surface area contributed by atoms with Crippen LogP contribution in [0.25, 0.3) is 44.2 Å². The lowest BCUT2D eigenvalue weighted by Gasteiger charge is -2.35. The van der Waals surface area contributed by atoms with Crippen LogP contribution in [0.5, 0.6) is 17.5 Å². The third-order valence-electron chi connectivity index (χ3n) is 18.4. The summed E-state index contributed by atoms with van der Waals surface area (Å²) in [4.78, 5) is 66.4. The molecule has 5 N–H and O–H groups in total. The van der Waals surface area contributed by atoms with E-state index in [0.29, 0.717) is 54.1 Å². The maximum atomic E-state index is 17.1. The molecule has 21 heteroatoms. The molecule has 474 valence electrons. The molecule has 0 spiro atoms. The second-order valence-electron chi connectivity index (χ2n) is 26.2. The number of terminal acetylenes is 1. The third kappa shape index (κ3) is 14.7. The molecule has 1 aliphatic carbocycles. The van der Waals surface area contributed by atoms with Crippen molar-refractivity contribution in [2.75, 3.05) is 50.8 Å². The van der Waals surface area contributed by atoms with Gasteiger partial charge in [-0.3, -0.25) is 19.4 Å². The Balaban J connectivity index is 0.607. The molecule has 6 aromatic rings. The summed E-state index contributed by atoms with van der Waals surface area (Å²) in [7, 11) is 0. The van der Waals surface area contributed by atoms with Crippen LogP contribution in [0.4, 0.5) is 19.0 Å². The van der Waals surface area contributed by atoms with Gasteiger partial charge in [-0.15, -0.1) is 17.8 Å². The summed E-state index contributed by atoms with van der Waals surface area (Å²) in [5.74, 6) is 0.320. The lowest BCUT2D eigenvalue weighted by Crippen LogP contribution is -2.59. The number of aromatic hydroxyl groups is 1. The first kappa shape index (κ1) is 63.4. The Hall–Kier alpha value is -7.12. The molecule has 5 aliphatic rings. The lowest BCUT2D eigenvalue weighted by molar-refractivity contribution is -0.145. The van der Waals surface area contributed by atoms with E-state index in [1.165, 1.54) is 61.3 Å². The fourth-order valence-electron chi connectivity index (χ4n) is 13.2. The van der Waals surface area contributed by atoms with E-state index in [1.807, 2.05) is 30.6 Å². The molecule has 3 aromatic carbocycles. The highest BCUT2D eigenvalue weighted by atomic mass is 32.1. The van der Waals surface area contributed by atoms with Crippen LogP contribution in [-0.4, -0.2) is 146 Å². The van der Waals surface area contributed by atoms with Crippen molar-refractivity contribution in [3.05, 3.63) is 81.8 Å². The van der Waals surface area contributed by atoms with E-state index in [9.17, 15) is 29.0 Å². The molecule has 3 amide bonds. The Morgan fingerprint density at radius 1 is 0.899 bits per heavy atom. The van der Waals surface area contributed by atoms with Crippen LogP contribution in [0.3, 0.4) is 0 Å². The molecule has 7 heterocycles. The summed E-state index contributed by atoms with van der Waals surface area (Å²) in [5, 5.41) is 31.8. The average Bonchev–Trinajstić information content (AvgIpc) is 1.47. The minimum absolute atomic E-state index is 0.0355. The van der Waals surface area contributed by atoms with Crippen LogP contribution in [0.2, 0.25) is 0 Å². The summed E-state index contributed by atoms with van der Waals surface area (Å²) in [5.41, 5.74) is 1.65. The van der Waals surface area contributed by atoms with E-state index in [1.54, 1.807) is 38.3 Å². The van der Waals surface area contributed by atoms with Crippen molar-refractivity contribution in [2.24, 2.45) is 5.41 Å². The Kier molecular flexibility index (Phi) is 19.6. The molecule has 4 saturated heterocycles. The number of benzene rings is 3. The summed E-state index contributed by atoms with van der Waals surface area (Å²) < 4.78 is 59.8. The van der Waals surface area contributed by atoms with Gasteiger partial charge in [0.25, 0.3) is 5.91 Å². The number of piperazine rings is 1. The van der Waals surface area contributed by atoms with Crippen LogP contribution < -0.4 is 30.3 Å². The van der Waals surface area contributed by atoms with Crippen LogP contribution in [0.15, 0.2) is 54.2 Å². The lowest BCUT2D eigenvalue weighted by atomic mass is 9.85. The van der Waals surface area contributed by atoms with Gasteiger partial charge in [0.2, 0.25) is 11.8 Å². The van der Waals surface area contributed by atoms with Crippen molar-refractivity contribution in [1.29, 1.82) is 0 Å². The summed E-state index contributed by atoms with van der Waals surface area (Å²) in [6.45, 7) is 12.1. The molecule has 11 rings (SSSR count). The van der Waals surface area contributed by atoms with Gasteiger partial charge >= 0.3 is 6.01 Å². The van der Waals surface area contributed by atoms with E-state index in [0.717, 1.165) is 99.1 Å². The topological polar surface area (TPSA) is 208 Å². The van der Waals surface area contributed by atoms with Crippen LogP contribution >= 0.6 is 11.3 Å². The maximum Gasteiger partial charge on any atom is 0.319 e. The number of anilines is 1. The molecule has 0 radical (unpaired) electrons. The van der Waals surface area contributed by atoms with Crippen LogP contribution in [0, 0.1) is 36.3 Å². The largest absolute Gasteiger partial charge is 0.508 e. The number of aliphatic hydroxyl groups is 1. The zero-order chi connectivity index (χ0) is 62.6. The SMILES string of the molecule is C#Cc1c(F)ccc2cc(O)cc(-c3ncc4c(N5CC6CCC(C5)N6)nc(OC5CCN(CCCCCCCCCCCCOc6cc(-c7ncsc7C)ccc6CNC(=O)[C@@H]6C[C@@H](O)CN6C(=O)[C@@H](NC(=O)C6(F)CC6)C(C)(C)C)CC5)nc4c3F)c12. The molecule has 5 fully saturated rings. The predicted octanol–water partition coefficient (Wildman–Crippen LogP) is 10.6. The number of phenolic OH excluding ortho intramolecular Hbond substituents is 1. The maximum absolute atomic E-state index is 17.1. The number of rotatable bonds is 25. The monoisotopic (exact) mass is 1240 g/mol. The Labute approximate surface area is 523 Å². The standard InChI is InChI=1S/C68H83F3N10O7S/c1-6-50-53(69)22-19-42-31-47(82)33-51(56(42)50)59-57(70)60-52(36-72-59)62(80-37-45-20-21-46(38-80)75-45)78-66(76-60)88-49-23-28-79(29-24-49)27-15-13-11-9-7-8-10-12-14-16-30-87-55-32-43(58-41(2)89-40-74-58)17-18-44(55)35-73-63(84)54-34-48(83)39-81(54)64(85)61(67(3,4)5)77-65(86)68(71)25-26-68/h1,17-19,22,31-33,36,40,45-46,48-49,54,61,75,82-83H,7-16,20-21,23-30,34-35,37-39H2,2-5H3,(H,73,84)(H,77,86)/t45?,46?,48-,54+,61-/m1/s1. The number of hydrogen-bond donors (Lipinski definition) is 5. The van der Waals surface area contributed by atoms with Crippen LogP contribution in [0.1, 0.15) is 146 Å². The van der Waals surface area contributed by atoms with Crippen molar-refractivity contribution in [1.82, 2.24) is 45.7 Å². The summed E-state index contributed by atoms with van der Waals surface area (Å²) >= 11 is 1.57. The number of halogens is 3. The number of carbonyl (C=O) groups is 3. The van der Waals surface area contributed by atoms with Gasteiger partial charge in [-0.2, -0.15) is 9.97 Å². The third-order valence-corrected chi connectivity index (χ3v) is 19.2.